The molecule has 0 spiro atoms. The van der Waals surface area contributed by atoms with Gasteiger partial charge in [0.2, 0.25) is 5.79 Å². The van der Waals surface area contributed by atoms with Crippen molar-refractivity contribution in [1.82, 2.24) is 0 Å². The minimum Gasteiger partial charge on any atom is -0.343 e. The summed E-state index contributed by atoms with van der Waals surface area (Å²) >= 11 is 0. The molecule has 3 aliphatic heterocycles. The van der Waals surface area contributed by atoms with Gasteiger partial charge < -0.3 is 23.7 Å². The van der Waals surface area contributed by atoms with Gasteiger partial charge >= 0.3 is 0 Å². The molecule has 4 rings (SSSR count). The molecule has 3 heterocycles. The van der Waals surface area contributed by atoms with Crippen LogP contribution in [-0.4, -0.2) is 57.3 Å². The monoisotopic (exact) mass is 414 g/mol. The van der Waals surface area contributed by atoms with E-state index in [1.54, 1.807) is 26.0 Å². The maximum atomic E-state index is 12.6. The predicted molar refractivity (Wildman–Crippen MR) is 96.9 cm³/mol. The van der Waals surface area contributed by atoms with Crippen LogP contribution in [0.4, 0.5) is 0 Å². The van der Waals surface area contributed by atoms with Gasteiger partial charge in [-0.15, -0.1) is 0 Å². The van der Waals surface area contributed by atoms with Gasteiger partial charge in [0.1, 0.15) is 24.9 Å². The molecule has 0 unspecified atom stereocenters. The Labute approximate surface area is 165 Å². The second-order valence-corrected chi connectivity index (χ2v) is 9.95. The Morgan fingerprint density at radius 1 is 1.04 bits per heavy atom. The summed E-state index contributed by atoms with van der Waals surface area (Å²) in [6.07, 6.45) is -1.49. The van der Waals surface area contributed by atoms with Crippen LogP contribution in [-0.2, 0) is 38.0 Å². The van der Waals surface area contributed by atoms with E-state index in [1.165, 1.54) is 12.1 Å². The van der Waals surface area contributed by atoms with Crippen LogP contribution >= 0.6 is 0 Å². The standard InChI is InChI=1S/C19H26O8S/c1-12-6-8-13(9-7-12)28(20,21)23-11-19-16(26-18(4,5)27-19)15-14(10-22-19)24-17(2,3)25-15/h6-9,14-16H,10-11H2,1-5H3/t14-,15-,16+,19+/m1/s1. The number of hydrogen-bond acceptors (Lipinski definition) is 8. The molecule has 1 aromatic carbocycles. The van der Waals surface area contributed by atoms with Crippen molar-refractivity contribution >= 4 is 10.1 Å². The maximum Gasteiger partial charge on any atom is 0.297 e. The summed E-state index contributed by atoms with van der Waals surface area (Å²) in [6.45, 7) is 8.80. The van der Waals surface area contributed by atoms with Gasteiger partial charge in [-0.1, -0.05) is 17.7 Å². The van der Waals surface area contributed by atoms with Gasteiger partial charge in [0, 0.05) is 0 Å². The van der Waals surface area contributed by atoms with Crippen molar-refractivity contribution in [3.8, 4) is 0 Å². The van der Waals surface area contributed by atoms with E-state index in [-0.39, 0.29) is 24.2 Å². The Kier molecular flexibility index (Phi) is 4.67. The van der Waals surface area contributed by atoms with Crippen molar-refractivity contribution in [3.63, 3.8) is 0 Å². The molecule has 3 saturated heterocycles. The normalized spacial score (nSPS) is 36.1. The Hall–Kier alpha value is -1.07. The minimum absolute atomic E-state index is 0.0690. The van der Waals surface area contributed by atoms with Crippen molar-refractivity contribution in [2.24, 2.45) is 0 Å². The van der Waals surface area contributed by atoms with E-state index in [9.17, 15) is 8.42 Å². The molecule has 9 heteroatoms. The first-order valence-electron chi connectivity index (χ1n) is 9.25. The van der Waals surface area contributed by atoms with Gasteiger partial charge in [0.15, 0.2) is 11.6 Å². The van der Waals surface area contributed by atoms with Crippen molar-refractivity contribution in [3.05, 3.63) is 29.8 Å². The van der Waals surface area contributed by atoms with Crippen LogP contribution in [0.25, 0.3) is 0 Å². The van der Waals surface area contributed by atoms with Crippen LogP contribution in [0.2, 0.25) is 0 Å². The van der Waals surface area contributed by atoms with E-state index in [4.69, 9.17) is 27.9 Å². The fraction of sp³-hybridized carbons (Fsp3) is 0.684. The second kappa shape index (κ2) is 6.46. The Bertz CT molecular complexity index is 847. The number of benzene rings is 1. The third-order valence-corrected chi connectivity index (χ3v) is 6.28. The van der Waals surface area contributed by atoms with E-state index in [2.05, 4.69) is 0 Å². The van der Waals surface area contributed by atoms with Gasteiger partial charge in [-0.2, -0.15) is 8.42 Å². The molecule has 4 atom stereocenters. The summed E-state index contributed by atoms with van der Waals surface area (Å²) < 4.78 is 60.4. The lowest BCUT2D eigenvalue weighted by atomic mass is 9.98. The van der Waals surface area contributed by atoms with Gasteiger partial charge in [-0.05, 0) is 46.8 Å². The quantitative estimate of drug-likeness (QED) is 0.692. The van der Waals surface area contributed by atoms with Gasteiger partial charge in [-0.3, -0.25) is 4.18 Å². The molecule has 156 valence electrons. The molecule has 3 fully saturated rings. The first-order chi connectivity index (χ1) is 12.9. The molecule has 28 heavy (non-hydrogen) atoms. The first-order valence-corrected chi connectivity index (χ1v) is 10.7. The average Bonchev–Trinajstić information content (AvgIpc) is 3.05. The summed E-state index contributed by atoms with van der Waals surface area (Å²) in [6, 6.07) is 6.43. The van der Waals surface area contributed by atoms with E-state index in [0.717, 1.165) is 5.56 Å². The van der Waals surface area contributed by atoms with Gasteiger partial charge in [-0.25, -0.2) is 0 Å². The van der Waals surface area contributed by atoms with Gasteiger partial charge in [0.25, 0.3) is 10.1 Å². The summed E-state index contributed by atoms with van der Waals surface area (Å²) in [4.78, 5) is 0.0690. The zero-order chi connectivity index (χ0) is 20.4. The lowest BCUT2D eigenvalue weighted by Gasteiger charge is -2.40. The highest BCUT2D eigenvalue weighted by Gasteiger charge is 2.65. The lowest BCUT2D eigenvalue weighted by molar-refractivity contribution is -0.290. The number of rotatable bonds is 4. The Balaban J connectivity index is 1.57. The van der Waals surface area contributed by atoms with Crippen LogP contribution in [0.1, 0.15) is 33.3 Å². The number of aryl methyl sites for hydroxylation is 1. The largest absolute Gasteiger partial charge is 0.343 e. The molecule has 0 bridgehead atoms. The summed E-state index contributed by atoms with van der Waals surface area (Å²) in [5.41, 5.74) is 0.953. The summed E-state index contributed by atoms with van der Waals surface area (Å²) in [7, 11) is -3.99. The van der Waals surface area contributed by atoms with Crippen molar-refractivity contribution in [2.75, 3.05) is 13.2 Å². The zero-order valence-electron chi connectivity index (χ0n) is 16.6. The highest BCUT2D eigenvalue weighted by atomic mass is 32.2. The molecule has 8 nitrogen and oxygen atoms in total. The second-order valence-electron chi connectivity index (χ2n) is 8.33. The van der Waals surface area contributed by atoms with E-state index in [1.807, 2.05) is 20.8 Å². The smallest absolute Gasteiger partial charge is 0.297 e. The lowest BCUT2D eigenvalue weighted by Crippen LogP contribution is -2.60. The fourth-order valence-electron chi connectivity index (χ4n) is 3.88. The molecule has 0 aliphatic carbocycles. The minimum atomic E-state index is -3.99. The van der Waals surface area contributed by atoms with Crippen LogP contribution in [0, 0.1) is 6.92 Å². The summed E-state index contributed by atoms with van der Waals surface area (Å²) in [5.74, 6) is -3.20. The number of fused-ring (bicyclic) bond motifs is 3. The van der Waals surface area contributed by atoms with Crippen LogP contribution < -0.4 is 0 Å². The van der Waals surface area contributed by atoms with Crippen molar-refractivity contribution in [1.29, 1.82) is 0 Å². The molecule has 0 radical (unpaired) electrons. The highest BCUT2D eigenvalue weighted by molar-refractivity contribution is 7.86. The van der Waals surface area contributed by atoms with Crippen LogP contribution in [0.3, 0.4) is 0 Å². The van der Waals surface area contributed by atoms with Crippen LogP contribution in [0.5, 0.6) is 0 Å². The number of ether oxygens (including phenoxy) is 5. The molecule has 0 saturated carbocycles. The topological polar surface area (TPSA) is 89.5 Å². The van der Waals surface area contributed by atoms with Crippen LogP contribution in [0.15, 0.2) is 29.2 Å². The highest BCUT2D eigenvalue weighted by Crippen LogP contribution is 2.47. The molecule has 0 amide bonds. The third kappa shape index (κ3) is 3.60. The Morgan fingerprint density at radius 3 is 2.39 bits per heavy atom. The van der Waals surface area contributed by atoms with E-state index >= 15 is 0 Å². The van der Waals surface area contributed by atoms with E-state index in [0.29, 0.717) is 0 Å². The average molecular weight is 414 g/mol. The molecule has 3 aliphatic rings. The van der Waals surface area contributed by atoms with E-state index < -0.39 is 39.7 Å². The summed E-state index contributed by atoms with van der Waals surface area (Å²) in [5, 5.41) is 0. The zero-order valence-corrected chi connectivity index (χ0v) is 17.4. The molecular weight excluding hydrogens is 388 g/mol. The molecular formula is C19H26O8S. The number of hydrogen-bond donors (Lipinski definition) is 0. The molecule has 0 aromatic heterocycles. The van der Waals surface area contributed by atoms with Crippen molar-refractivity contribution in [2.45, 2.75) is 75.2 Å². The van der Waals surface area contributed by atoms with Crippen molar-refractivity contribution < 1.29 is 36.3 Å². The van der Waals surface area contributed by atoms with Gasteiger partial charge in [0.05, 0.1) is 11.5 Å². The Morgan fingerprint density at radius 2 is 1.71 bits per heavy atom. The fourth-order valence-corrected chi connectivity index (χ4v) is 4.81. The predicted octanol–water partition coefficient (Wildman–Crippen LogP) is 2.10. The molecule has 0 N–H and O–H groups in total. The first kappa shape index (κ1) is 20.2. The SMILES string of the molecule is Cc1ccc(S(=O)(=O)OC[C@@]23OC[C@H]4OC(C)(C)O[C@H]4[C@@H]2OC(C)(C)O3)cc1. The maximum absolute atomic E-state index is 12.6. The third-order valence-electron chi connectivity index (χ3n) is 5.00. The molecule has 1 aromatic rings.